The largest absolute Gasteiger partial charge is 0.351 e. The lowest BCUT2D eigenvalue weighted by Crippen LogP contribution is -2.29. The summed E-state index contributed by atoms with van der Waals surface area (Å²) in [5, 5.41) is 3.26. The molecule has 2 rings (SSSR count). The minimum atomic E-state index is -0.140. The van der Waals surface area contributed by atoms with E-state index < -0.39 is 0 Å². The molecule has 0 saturated heterocycles. The second kappa shape index (κ2) is 7.58. The molecule has 1 heterocycles. The Morgan fingerprint density at radius 3 is 2.80 bits per heavy atom. The Morgan fingerprint density at radius 2 is 2.15 bits per heavy atom. The first-order valence-electron chi connectivity index (χ1n) is 7.88. The van der Waals surface area contributed by atoms with E-state index in [1.807, 2.05) is 0 Å². The molecular formula is C16H26FN3. The van der Waals surface area contributed by atoms with Crippen molar-refractivity contribution in [2.75, 3.05) is 18.0 Å². The average Bonchev–Trinajstić information content (AvgIpc) is 3.27. The highest BCUT2D eigenvalue weighted by Gasteiger charge is 2.31. The molecular weight excluding hydrogens is 253 g/mol. The molecule has 1 aromatic rings. The monoisotopic (exact) mass is 279 g/mol. The number of halogens is 1. The summed E-state index contributed by atoms with van der Waals surface area (Å²) in [5.74, 6) is 0.413. The van der Waals surface area contributed by atoms with Gasteiger partial charge < -0.3 is 10.2 Å². The highest BCUT2D eigenvalue weighted by molar-refractivity contribution is 5.45. The second-order valence-electron chi connectivity index (χ2n) is 5.56. The van der Waals surface area contributed by atoms with E-state index in [2.05, 4.69) is 29.0 Å². The number of anilines is 1. The number of unbranched alkanes of at least 4 members (excludes halogenated alkanes) is 1. The first-order chi connectivity index (χ1) is 9.77. The topological polar surface area (TPSA) is 28.2 Å². The molecule has 1 N–H and O–H groups in total. The van der Waals surface area contributed by atoms with Gasteiger partial charge in [-0.1, -0.05) is 20.3 Å². The van der Waals surface area contributed by atoms with Gasteiger partial charge in [-0.15, -0.1) is 0 Å². The van der Waals surface area contributed by atoms with Crippen LogP contribution in [0.25, 0.3) is 0 Å². The second-order valence-corrected chi connectivity index (χ2v) is 5.56. The van der Waals surface area contributed by atoms with Crippen molar-refractivity contribution in [3.05, 3.63) is 23.6 Å². The van der Waals surface area contributed by atoms with Crippen LogP contribution in [0.5, 0.6) is 0 Å². The van der Waals surface area contributed by atoms with Gasteiger partial charge in [-0.05, 0) is 38.3 Å². The van der Waals surface area contributed by atoms with Gasteiger partial charge in [0.25, 0.3) is 0 Å². The van der Waals surface area contributed by atoms with E-state index in [0.29, 0.717) is 18.4 Å². The van der Waals surface area contributed by atoms with Crippen LogP contribution in [-0.2, 0) is 6.54 Å². The van der Waals surface area contributed by atoms with Gasteiger partial charge in [0.2, 0.25) is 0 Å². The molecule has 0 unspecified atom stereocenters. The molecule has 0 aliphatic heterocycles. The SMILES string of the molecule is CCCCN(c1nccc(CNCCC)c1F)C1CC1. The first kappa shape index (κ1) is 15.2. The van der Waals surface area contributed by atoms with Crippen molar-refractivity contribution >= 4 is 5.82 Å². The highest BCUT2D eigenvalue weighted by atomic mass is 19.1. The van der Waals surface area contributed by atoms with E-state index in [-0.39, 0.29) is 5.82 Å². The van der Waals surface area contributed by atoms with E-state index in [0.717, 1.165) is 37.9 Å². The van der Waals surface area contributed by atoms with Crippen LogP contribution >= 0.6 is 0 Å². The maximum atomic E-state index is 14.6. The lowest BCUT2D eigenvalue weighted by Gasteiger charge is -2.24. The summed E-state index contributed by atoms with van der Waals surface area (Å²) in [6, 6.07) is 2.29. The summed E-state index contributed by atoms with van der Waals surface area (Å²) >= 11 is 0. The van der Waals surface area contributed by atoms with Crippen molar-refractivity contribution in [1.82, 2.24) is 10.3 Å². The summed E-state index contributed by atoms with van der Waals surface area (Å²) in [6.45, 7) is 6.69. The zero-order valence-corrected chi connectivity index (χ0v) is 12.7. The highest BCUT2D eigenvalue weighted by Crippen LogP contribution is 2.32. The van der Waals surface area contributed by atoms with E-state index >= 15 is 0 Å². The van der Waals surface area contributed by atoms with Crippen LogP contribution in [0.3, 0.4) is 0 Å². The summed E-state index contributed by atoms with van der Waals surface area (Å²) < 4.78 is 14.6. The minimum absolute atomic E-state index is 0.140. The molecule has 1 saturated carbocycles. The Labute approximate surface area is 121 Å². The Balaban J connectivity index is 2.10. The average molecular weight is 279 g/mol. The standard InChI is InChI=1S/C16H26FN3/c1-3-5-11-20(14-6-7-14)16-15(17)13(8-10-19-16)12-18-9-4-2/h8,10,14,18H,3-7,9,11-12H2,1-2H3. The molecule has 112 valence electrons. The van der Waals surface area contributed by atoms with Gasteiger partial charge in [0.1, 0.15) is 0 Å². The molecule has 1 fully saturated rings. The lowest BCUT2D eigenvalue weighted by atomic mass is 10.2. The smallest absolute Gasteiger partial charge is 0.170 e. The fraction of sp³-hybridized carbons (Fsp3) is 0.688. The van der Waals surface area contributed by atoms with E-state index in [9.17, 15) is 4.39 Å². The Hall–Kier alpha value is -1.16. The van der Waals surface area contributed by atoms with Crippen molar-refractivity contribution < 1.29 is 4.39 Å². The number of nitrogens with zero attached hydrogens (tertiary/aromatic N) is 2. The molecule has 20 heavy (non-hydrogen) atoms. The predicted octanol–water partition coefficient (Wildman–Crippen LogP) is 3.49. The molecule has 4 heteroatoms. The van der Waals surface area contributed by atoms with Gasteiger partial charge in [0.15, 0.2) is 11.6 Å². The van der Waals surface area contributed by atoms with Crippen LogP contribution in [0, 0.1) is 5.82 Å². The maximum absolute atomic E-state index is 14.6. The normalized spacial score (nSPS) is 14.6. The van der Waals surface area contributed by atoms with Crippen molar-refractivity contribution in [3.63, 3.8) is 0 Å². The van der Waals surface area contributed by atoms with Gasteiger partial charge in [-0.3, -0.25) is 0 Å². The molecule has 1 aromatic heterocycles. The lowest BCUT2D eigenvalue weighted by molar-refractivity contribution is 0.569. The third-order valence-electron chi connectivity index (χ3n) is 3.71. The van der Waals surface area contributed by atoms with Crippen molar-refractivity contribution in [1.29, 1.82) is 0 Å². The Morgan fingerprint density at radius 1 is 1.35 bits per heavy atom. The van der Waals surface area contributed by atoms with Crippen LogP contribution in [0.15, 0.2) is 12.3 Å². The molecule has 0 amide bonds. The number of nitrogens with one attached hydrogen (secondary N) is 1. The molecule has 1 aliphatic rings. The van der Waals surface area contributed by atoms with Gasteiger partial charge in [-0.2, -0.15) is 0 Å². The molecule has 0 atom stereocenters. The fourth-order valence-corrected chi connectivity index (χ4v) is 2.38. The zero-order chi connectivity index (χ0) is 14.4. The maximum Gasteiger partial charge on any atom is 0.170 e. The summed E-state index contributed by atoms with van der Waals surface area (Å²) in [5.41, 5.74) is 0.727. The van der Waals surface area contributed by atoms with Crippen molar-refractivity contribution in [2.45, 2.75) is 58.5 Å². The van der Waals surface area contributed by atoms with Gasteiger partial charge >= 0.3 is 0 Å². The van der Waals surface area contributed by atoms with Gasteiger partial charge in [-0.25, -0.2) is 9.37 Å². The van der Waals surface area contributed by atoms with Gasteiger partial charge in [0.05, 0.1) is 0 Å². The molecule has 1 aliphatic carbocycles. The molecule has 0 spiro atoms. The summed E-state index contributed by atoms with van der Waals surface area (Å²) in [7, 11) is 0. The van der Waals surface area contributed by atoms with Crippen LogP contribution in [0.2, 0.25) is 0 Å². The molecule has 0 radical (unpaired) electrons. The molecule has 3 nitrogen and oxygen atoms in total. The first-order valence-corrected chi connectivity index (χ1v) is 7.88. The zero-order valence-electron chi connectivity index (χ0n) is 12.7. The number of hydrogen-bond donors (Lipinski definition) is 1. The number of pyridine rings is 1. The fourth-order valence-electron chi connectivity index (χ4n) is 2.38. The van der Waals surface area contributed by atoms with E-state index in [4.69, 9.17) is 0 Å². The third kappa shape index (κ3) is 3.92. The van der Waals surface area contributed by atoms with Crippen LogP contribution in [0.4, 0.5) is 10.2 Å². The van der Waals surface area contributed by atoms with E-state index in [1.54, 1.807) is 12.3 Å². The Bertz CT molecular complexity index is 418. The van der Waals surface area contributed by atoms with Gasteiger partial charge in [0, 0.05) is 30.9 Å². The Kier molecular flexibility index (Phi) is 5.77. The quantitative estimate of drug-likeness (QED) is 0.701. The van der Waals surface area contributed by atoms with E-state index in [1.165, 1.54) is 12.8 Å². The summed E-state index contributed by atoms with van der Waals surface area (Å²) in [4.78, 5) is 6.47. The predicted molar refractivity (Wildman–Crippen MR) is 81.5 cm³/mol. The third-order valence-corrected chi connectivity index (χ3v) is 3.71. The van der Waals surface area contributed by atoms with Crippen LogP contribution in [-0.4, -0.2) is 24.1 Å². The van der Waals surface area contributed by atoms with Crippen LogP contribution < -0.4 is 10.2 Å². The number of hydrogen-bond acceptors (Lipinski definition) is 3. The number of rotatable bonds is 9. The summed E-state index contributed by atoms with van der Waals surface area (Å²) in [6.07, 6.45) is 7.36. The van der Waals surface area contributed by atoms with Crippen molar-refractivity contribution in [2.24, 2.45) is 0 Å². The number of aromatic nitrogens is 1. The molecule has 0 bridgehead atoms. The molecule has 0 aromatic carbocycles. The van der Waals surface area contributed by atoms with Crippen molar-refractivity contribution in [3.8, 4) is 0 Å². The minimum Gasteiger partial charge on any atom is -0.351 e. The van der Waals surface area contributed by atoms with Crippen LogP contribution in [0.1, 0.15) is 51.5 Å².